The van der Waals surface area contributed by atoms with Crippen LogP contribution in [-0.4, -0.2) is 34.2 Å². The highest BCUT2D eigenvalue weighted by molar-refractivity contribution is 5.53. The second-order valence-electron chi connectivity index (χ2n) is 5.73. The third kappa shape index (κ3) is 3.31. The minimum absolute atomic E-state index is 0.328. The highest BCUT2D eigenvalue weighted by atomic mass is 16.5. The molecule has 2 aromatic rings. The molecule has 21 heavy (non-hydrogen) atoms. The van der Waals surface area contributed by atoms with Crippen molar-refractivity contribution >= 4 is 0 Å². The molecule has 0 bridgehead atoms. The summed E-state index contributed by atoms with van der Waals surface area (Å²) in [5.41, 5.74) is 7.13. The molecule has 5 heteroatoms. The number of rotatable bonds is 4. The normalized spacial score (nSPS) is 23.3. The molecule has 0 spiro atoms. The van der Waals surface area contributed by atoms with Gasteiger partial charge in [-0.15, -0.1) is 0 Å². The molecule has 0 saturated carbocycles. The SMILES string of the molecule is CCC1CN(Cc2nc(-c3ccccc3)no2)CCC1N. The Balaban J connectivity index is 1.65. The third-order valence-corrected chi connectivity index (χ3v) is 4.26. The molecule has 112 valence electrons. The number of nitrogens with two attached hydrogens (primary N) is 1. The van der Waals surface area contributed by atoms with E-state index in [9.17, 15) is 0 Å². The molecule has 1 aromatic heterocycles. The number of benzene rings is 1. The molecule has 1 aromatic carbocycles. The molecule has 1 fully saturated rings. The third-order valence-electron chi connectivity index (χ3n) is 4.26. The molecule has 1 saturated heterocycles. The number of aromatic nitrogens is 2. The van der Waals surface area contributed by atoms with Crippen LogP contribution in [0.3, 0.4) is 0 Å². The Bertz CT molecular complexity index is 569. The standard InChI is InChI=1S/C16H22N4O/c1-2-12-10-20(9-8-14(12)17)11-15-18-16(19-21-15)13-6-4-3-5-7-13/h3-7,12,14H,2,8-11,17H2,1H3. The minimum atomic E-state index is 0.328. The summed E-state index contributed by atoms with van der Waals surface area (Å²) < 4.78 is 5.38. The summed E-state index contributed by atoms with van der Waals surface area (Å²) in [6, 6.07) is 10.2. The zero-order valence-electron chi connectivity index (χ0n) is 12.4. The fraction of sp³-hybridized carbons (Fsp3) is 0.500. The summed E-state index contributed by atoms with van der Waals surface area (Å²) >= 11 is 0. The first-order chi connectivity index (χ1) is 10.3. The lowest BCUT2D eigenvalue weighted by Gasteiger charge is -2.35. The first kappa shape index (κ1) is 14.2. The predicted molar refractivity (Wildman–Crippen MR) is 81.4 cm³/mol. The predicted octanol–water partition coefficient (Wildman–Crippen LogP) is 2.30. The zero-order valence-corrected chi connectivity index (χ0v) is 12.4. The Morgan fingerprint density at radius 2 is 2.14 bits per heavy atom. The van der Waals surface area contributed by atoms with E-state index in [0.29, 0.717) is 30.2 Å². The zero-order chi connectivity index (χ0) is 14.7. The van der Waals surface area contributed by atoms with Gasteiger partial charge in [-0.3, -0.25) is 4.90 Å². The summed E-state index contributed by atoms with van der Waals surface area (Å²) in [6.45, 7) is 4.93. The van der Waals surface area contributed by atoms with E-state index in [2.05, 4.69) is 22.0 Å². The molecule has 0 amide bonds. The molecule has 5 nitrogen and oxygen atoms in total. The first-order valence-corrected chi connectivity index (χ1v) is 7.62. The van der Waals surface area contributed by atoms with Crippen molar-refractivity contribution in [3.05, 3.63) is 36.2 Å². The van der Waals surface area contributed by atoms with Crippen LogP contribution in [0.1, 0.15) is 25.7 Å². The van der Waals surface area contributed by atoms with E-state index >= 15 is 0 Å². The maximum absolute atomic E-state index is 6.15. The van der Waals surface area contributed by atoms with Gasteiger partial charge in [0.15, 0.2) is 0 Å². The van der Waals surface area contributed by atoms with Crippen LogP contribution in [0.15, 0.2) is 34.9 Å². The topological polar surface area (TPSA) is 68.2 Å². The van der Waals surface area contributed by atoms with Crippen molar-refractivity contribution < 1.29 is 4.52 Å². The van der Waals surface area contributed by atoms with Crippen LogP contribution in [0.2, 0.25) is 0 Å². The Morgan fingerprint density at radius 1 is 1.33 bits per heavy atom. The molecule has 0 aliphatic carbocycles. The van der Waals surface area contributed by atoms with E-state index in [1.807, 2.05) is 30.3 Å². The monoisotopic (exact) mass is 286 g/mol. The van der Waals surface area contributed by atoms with Crippen LogP contribution in [0.5, 0.6) is 0 Å². The van der Waals surface area contributed by atoms with Gasteiger partial charge in [0.05, 0.1) is 6.54 Å². The quantitative estimate of drug-likeness (QED) is 0.934. The highest BCUT2D eigenvalue weighted by Gasteiger charge is 2.26. The van der Waals surface area contributed by atoms with Gasteiger partial charge in [0, 0.05) is 24.7 Å². The van der Waals surface area contributed by atoms with Crippen molar-refractivity contribution in [1.82, 2.24) is 15.0 Å². The molecule has 0 radical (unpaired) electrons. The summed E-state index contributed by atoms with van der Waals surface area (Å²) in [4.78, 5) is 6.85. The summed E-state index contributed by atoms with van der Waals surface area (Å²) in [5.74, 6) is 1.90. The molecule has 1 aliphatic heterocycles. The van der Waals surface area contributed by atoms with Gasteiger partial charge in [-0.25, -0.2) is 0 Å². The number of nitrogens with zero attached hydrogens (tertiary/aromatic N) is 3. The van der Waals surface area contributed by atoms with Crippen molar-refractivity contribution in [3.8, 4) is 11.4 Å². The maximum atomic E-state index is 6.15. The van der Waals surface area contributed by atoms with Gasteiger partial charge < -0.3 is 10.3 Å². The van der Waals surface area contributed by atoms with E-state index in [1.54, 1.807) is 0 Å². The van der Waals surface area contributed by atoms with E-state index < -0.39 is 0 Å². The van der Waals surface area contributed by atoms with E-state index in [-0.39, 0.29) is 0 Å². The lowest BCUT2D eigenvalue weighted by atomic mass is 9.91. The van der Waals surface area contributed by atoms with Crippen LogP contribution in [-0.2, 0) is 6.54 Å². The van der Waals surface area contributed by atoms with Crippen molar-refractivity contribution in [2.24, 2.45) is 11.7 Å². The van der Waals surface area contributed by atoms with Gasteiger partial charge >= 0.3 is 0 Å². The van der Waals surface area contributed by atoms with E-state index in [0.717, 1.165) is 31.5 Å². The molecule has 2 N–H and O–H groups in total. The van der Waals surface area contributed by atoms with Gasteiger partial charge in [0.1, 0.15) is 0 Å². The number of likely N-dealkylation sites (tertiary alicyclic amines) is 1. The van der Waals surface area contributed by atoms with Crippen LogP contribution in [0, 0.1) is 5.92 Å². The van der Waals surface area contributed by atoms with Crippen molar-refractivity contribution in [2.75, 3.05) is 13.1 Å². The molecule has 2 unspecified atom stereocenters. The van der Waals surface area contributed by atoms with Crippen LogP contribution >= 0.6 is 0 Å². The minimum Gasteiger partial charge on any atom is -0.338 e. The van der Waals surface area contributed by atoms with Gasteiger partial charge in [0.25, 0.3) is 0 Å². The largest absolute Gasteiger partial charge is 0.338 e. The summed E-state index contributed by atoms with van der Waals surface area (Å²) in [5, 5.41) is 4.07. The molecule has 2 atom stereocenters. The molecular formula is C16H22N4O. The molecule has 3 rings (SSSR count). The molecule has 1 aliphatic rings. The lowest BCUT2D eigenvalue weighted by molar-refractivity contribution is 0.131. The summed E-state index contributed by atoms with van der Waals surface area (Å²) in [6.07, 6.45) is 2.16. The van der Waals surface area contributed by atoms with Gasteiger partial charge in [-0.05, 0) is 12.3 Å². The average molecular weight is 286 g/mol. The Morgan fingerprint density at radius 3 is 2.90 bits per heavy atom. The van der Waals surface area contributed by atoms with Crippen molar-refractivity contribution in [1.29, 1.82) is 0 Å². The van der Waals surface area contributed by atoms with Crippen LogP contribution in [0.4, 0.5) is 0 Å². The number of piperidine rings is 1. The Hall–Kier alpha value is -1.72. The fourth-order valence-corrected chi connectivity index (χ4v) is 2.92. The Labute approximate surface area is 125 Å². The Kier molecular flexibility index (Phi) is 4.31. The molecular weight excluding hydrogens is 264 g/mol. The van der Waals surface area contributed by atoms with Crippen LogP contribution in [0.25, 0.3) is 11.4 Å². The second kappa shape index (κ2) is 6.37. The second-order valence-corrected chi connectivity index (χ2v) is 5.73. The van der Waals surface area contributed by atoms with Crippen molar-refractivity contribution in [2.45, 2.75) is 32.4 Å². The lowest BCUT2D eigenvalue weighted by Crippen LogP contribution is -2.46. The van der Waals surface area contributed by atoms with Crippen LogP contribution < -0.4 is 5.73 Å². The van der Waals surface area contributed by atoms with Gasteiger partial charge in [-0.1, -0.05) is 48.8 Å². The van der Waals surface area contributed by atoms with Gasteiger partial charge in [0.2, 0.25) is 11.7 Å². The smallest absolute Gasteiger partial charge is 0.241 e. The highest BCUT2D eigenvalue weighted by Crippen LogP contribution is 2.21. The maximum Gasteiger partial charge on any atom is 0.241 e. The summed E-state index contributed by atoms with van der Waals surface area (Å²) in [7, 11) is 0. The van der Waals surface area contributed by atoms with E-state index in [1.165, 1.54) is 0 Å². The average Bonchev–Trinajstić information content (AvgIpc) is 2.98. The fourth-order valence-electron chi connectivity index (χ4n) is 2.92. The number of hydrogen-bond acceptors (Lipinski definition) is 5. The van der Waals surface area contributed by atoms with Crippen molar-refractivity contribution in [3.63, 3.8) is 0 Å². The number of hydrogen-bond donors (Lipinski definition) is 1. The first-order valence-electron chi connectivity index (χ1n) is 7.62. The van der Waals surface area contributed by atoms with Gasteiger partial charge in [-0.2, -0.15) is 4.98 Å². The van der Waals surface area contributed by atoms with E-state index in [4.69, 9.17) is 10.3 Å². The molecule has 2 heterocycles.